The van der Waals surface area contributed by atoms with Crippen molar-refractivity contribution in [3.8, 4) is 11.5 Å². The Morgan fingerprint density at radius 2 is 1.12 bits per heavy atom. The van der Waals surface area contributed by atoms with E-state index in [1.54, 1.807) is 0 Å². The molecule has 0 heterocycles. The number of halogens is 6. The maximum Gasteiger partial charge on any atom is 0.469 e. The maximum absolute atomic E-state index is 13.4. The molecule has 0 N–H and O–H groups in total. The highest BCUT2D eigenvalue weighted by Crippen LogP contribution is 2.26. The zero-order valence-corrected chi connectivity index (χ0v) is 24.1. The van der Waals surface area contributed by atoms with E-state index in [1.807, 2.05) is 0 Å². The second-order valence-electron chi connectivity index (χ2n) is 8.20. The predicted molar refractivity (Wildman–Crippen MR) is 140 cm³/mol. The number of ether oxygens (including phenoxy) is 2. The Morgan fingerprint density at radius 1 is 0.698 bits per heavy atom. The van der Waals surface area contributed by atoms with Gasteiger partial charge >= 0.3 is 32.9 Å². The molecule has 11 nitrogen and oxygen atoms in total. The molecule has 19 heteroatoms. The lowest BCUT2D eigenvalue weighted by molar-refractivity contribution is -0.0607. The van der Waals surface area contributed by atoms with Crippen molar-refractivity contribution < 1.29 is 65.4 Å². The van der Waals surface area contributed by atoms with E-state index in [2.05, 4.69) is 23.1 Å². The molecule has 0 saturated carbocycles. The van der Waals surface area contributed by atoms with Crippen LogP contribution in [0.15, 0.2) is 58.8 Å². The van der Waals surface area contributed by atoms with Gasteiger partial charge in [-0.05, 0) is 61.9 Å². The average Bonchev–Trinajstić information content (AvgIpc) is 2.88. The molecule has 0 aromatic heterocycles. The Labute approximate surface area is 243 Å². The minimum absolute atomic E-state index is 0.0435. The second kappa shape index (κ2) is 15.2. The number of benzene rings is 2. The van der Waals surface area contributed by atoms with Crippen LogP contribution in [0.1, 0.15) is 37.8 Å². The van der Waals surface area contributed by atoms with Gasteiger partial charge in [-0.2, -0.15) is 43.2 Å². The Kier molecular flexibility index (Phi) is 12.6. The first-order valence-electron chi connectivity index (χ1n) is 12.2. The molecule has 0 aliphatic rings. The highest BCUT2D eigenvalue weighted by molar-refractivity contribution is 7.86. The van der Waals surface area contributed by atoms with Crippen LogP contribution >= 0.6 is 0 Å². The van der Waals surface area contributed by atoms with Gasteiger partial charge in [-0.1, -0.05) is 17.2 Å². The number of rotatable bonds is 16. The molecule has 0 radical (unpaired) electrons. The minimum atomic E-state index is -5.05. The fourth-order valence-corrected chi connectivity index (χ4v) is 4.28. The van der Waals surface area contributed by atoms with Crippen molar-refractivity contribution in [2.24, 2.45) is 10.3 Å². The fraction of sp³-hybridized carbons (Fsp3) is 0.417. The molecular formula is C24H26F6N2O9S2. The molecule has 0 spiro atoms. The van der Waals surface area contributed by atoms with Gasteiger partial charge in [0.15, 0.2) is 11.4 Å². The first-order chi connectivity index (χ1) is 20.0. The third kappa shape index (κ3) is 12.3. The Bertz CT molecular complexity index is 1350. The Hall–Kier alpha value is -3.58. The van der Waals surface area contributed by atoms with E-state index in [9.17, 15) is 43.2 Å². The topological polar surface area (TPSA) is 139 Å². The highest BCUT2D eigenvalue weighted by Gasteiger charge is 2.39. The zero-order valence-electron chi connectivity index (χ0n) is 22.5. The van der Waals surface area contributed by atoms with E-state index in [4.69, 9.17) is 9.47 Å². The van der Waals surface area contributed by atoms with Crippen LogP contribution in [0, 0.1) is 0 Å². The Balaban J connectivity index is 1.93. The molecule has 0 aliphatic heterocycles. The number of hydrogen-bond donors (Lipinski definition) is 0. The Morgan fingerprint density at radius 3 is 1.49 bits per heavy atom. The number of hydrogen-bond acceptors (Lipinski definition) is 11. The summed E-state index contributed by atoms with van der Waals surface area (Å²) in [4.78, 5) is 0. The normalized spacial score (nSPS) is 13.5. The van der Waals surface area contributed by atoms with E-state index in [0.717, 1.165) is 24.3 Å². The summed E-state index contributed by atoms with van der Waals surface area (Å²) in [7, 11) is -9.03. The third-order valence-corrected chi connectivity index (χ3v) is 6.79. The first-order valence-corrected chi connectivity index (χ1v) is 15.1. The van der Waals surface area contributed by atoms with Gasteiger partial charge in [0, 0.05) is 17.5 Å². The monoisotopic (exact) mass is 664 g/mol. The van der Waals surface area contributed by atoms with E-state index in [-0.39, 0.29) is 44.2 Å². The fourth-order valence-electron chi connectivity index (χ4n) is 3.02. The number of alkyl halides is 6. The molecule has 0 fully saturated rings. The summed E-state index contributed by atoms with van der Waals surface area (Å²) in [6, 6.07) is 8.79. The smallest absolute Gasteiger partial charge is 0.469 e. The zero-order chi connectivity index (χ0) is 32.3. The number of nitrogens with zero attached hydrogens (tertiary/aromatic N) is 2. The van der Waals surface area contributed by atoms with Crippen molar-refractivity contribution in [2.75, 3.05) is 25.6 Å². The lowest BCUT2D eigenvalue weighted by Gasteiger charge is -2.12. The molecule has 43 heavy (non-hydrogen) atoms. The third-order valence-electron chi connectivity index (χ3n) is 4.80. The molecule has 0 amide bonds. The van der Waals surface area contributed by atoms with Gasteiger partial charge in [0.25, 0.3) is 0 Å². The lowest BCUT2D eigenvalue weighted by atomic mass is 10.1. The molecule has 2 aromatic carbocycles. The summed E-state index contributed by atoms with van der Waals surface area (Å²) in [5.41, 5.74) is -4.13. The summed E-state index contributed by atoms with van der Waals surface area (Å²) in [5.74, 6) is -0.155. The second-order valence-corrected chi connectivity index (χ2v) is 11.1. The van der Waals surface area contributed by atoms with E-state index >= 15 is 0 Å². The van der Waals surface area contributed by atoms with Crippen LogP contribution in [0.5, 0.6) is 11.5 Å². The van der Waals surface area contributed by atoms with Crippen molar-refractivity contribution in [1.29, 1.82) is 0 Å². The molecule has 2 rings (SSSR count). The van der Waals surface area contributed by atoms with E-state index in [0.29, 0.717) is 0 Å². The highest BCUT2D eigenvalue weighted by atomic mass is 32.3. The standard InChI is InChI=1S/C24H26F6N2O9S2/c1-3-16-42(33,34)40-31-21(23(25,26)27)17-6-10-19(11-7-17)37-14-5-15-38-20-12-8-18(9-13-20)22(24(28,29)30)32-41-43(35,36)39-4-2/h6-13H,3-5,14-16H2,1-2H3. The first kappa shape index (κ1) is 35.6. The molecule has 0 unspecified atom stereocenters. The van der Waals surface area contributed by atoms with Crippen LogP contribution in [0.3, 0.4) is 0 Å². The molecule has 2 aromatic rings. The van der Waals surface area contributed by atoms with Gasteiger partial charge in [0.1, 0.15) is 11.5 Å². The van der Waals surface area contributed by atoms with Gasteiger partial charge < -0.3 is 9.47 Å². The van der Waals surface area contributed by atoms with Crippen molar-refractivity contribution in [3.63, 3.8) is 0 Å². The van der Waals surface area contributed by atoms with E-state index in [1.165, 1.54) is 38.1 Å². The summed E-state index contributed by atoms with van der Waals surface area (Å²) in [5, 5.41) is 5.48. The van der Waals surface area contributed by atoms with Crippen LogP contribution < -0.4 is 9.47 Å². The molecular weight excluding hydrogens is 638 g/mol. The summed E-state index contributed by atoms with van der Waals surface area (Å²) >= 11 is 0. The molecule has 0 atom stereocenters. The average molecular weight is 665 g/mol. The van der Waals surface area contributed by atoms with Crippen molar-refractivity contribution in [2.45, 2.75) is 39.0 Å². The van der Waals surface area contributed by atoms with Crippen LogP contribution in [0.4, 0.5) is 26.3 Å². The van der Waals surface area contributed by atoms with Crippen molar-refractivity contribution in [3.05, 3.63) is 59.7 Å². The molecule has 0 aliphatic carbocycles. The molecule has 0 saturated heterocycles. The predicted octanol–water partition coefficient (Wildman–Crippen LogP) is 5.12. The molecule has 240 valence electrons. The van der Waals surface area contributed by atoms with Crippen LogP contribution in [-0.2, 0) is 33.3 Å². The van der Waals surface area contributed by atoms with Gasteiger partial charge in [0.05, 0.1) is 25.6 Å². The van der Waals surface area contributed by atoms with Crippen LogP contribution in [-0.4, -0.2) is 66.2 Å². The summed E-state index contributed by atoms with van der Waals surface area (Å²) in [6.07, 6.45) is -9.66. The lowest BCUT2D eigenvalue weighted by Crippen LogP contribution is -2.25. The molecule has 0 bridgehead atoms. The van der Waals surface area contributed by atoms with E-state index < -0.39 is 61.2 Å². The van der Waals surface area contributed by atoms with Gasteiger partial charge in [-0.15, -0.1) is 0 Å². The van der Waals surface area contributed by atoms with Gasteiger partial charge in [-0.3, -0.25) is 4.28 Å². The summed E-state index contributed by atoms with van der Waals surface area (Å²) in [6.45, 7) is 2.51. The van der Waals surface area contributed by atoms with Crippen LogP contribution in [0.2, 0.25) is 0 Å². The maximum atomic E-state index is 13.4. The van der Waals surface area contributed by atoms with Crippen molar-refractivity contribution >= 4 is 31.9 Å². The minimum Gasteiger partial charge on any atom is -0.493 e. The largest absolute Gasteiger partial charge is 0.493 e. The quantitative estimate of drug-likeness (QED) is 0.104. The van der Waals surface area contributed by atoms with Gasteiger partial charge in [-0.25, -0.2) is 8.47 Å². The summed E-state index contributed by atoms with van der Waals surface area (Å²) < 4.78 is 149. The van der Waals surface area contributed by atoms with Crippen molar-refractivity contribution in [1.82, 2.24) is 0 Å². The SMILES string of the molecule is CCCS(=O)(=O)ON=C(c1ccc(OCCCOc2ccc(C(=NOS(=O)(=O)OCC)C(F)(F)F)cc2)cc1)C(F)(F)F. The number of oxime groups is 2. The van der Waals surface area contributed by atoms with Crippen LogP contribution in [0.25, 0.3) is 0 Å². The van der Waals surface area contributed by atoms with Gasteiger partial charge in [0.2, 0.25) is 0 Å².